The van der Waals surface area contributed by atoms with Crippen LogP contribution in [0.4, 0.5) is 10.5 Å². The third-order valence-electron chi connectivity index (χ3n) is 2.34. The van der Waals surface area contributed by atoms with Crippen molar-refractivity contribution in [3.63, 3.8) is 0 Å². The zero-order chi connectivity index (χ0) is 12.8. The van der Waals surface area contributed by atoms with Gasteiger partial charge in [0.15, 0.2) is 0 Å². The second-order valence-electron chi connectivity index (χ2n) is 3.79. The first-order valence-electron chi connectivity index (χ1n) is 5.55. The van der Waals surface area contributed by atoms with Crippen LogP contribution in [0.25, 0.3) is 0 Å². The summed E-state index contributed by atoms with van der Waals surface area (Å²) in [5.41, 5.74) is 1.34. The van der Waals surface area contributed by atoms with E-state index in [0.717, 1.165) is 18.4 Å². The molecule has 0 aliphatic carbocycles. The summed E-state index contributed by atoms with van der Waals surface area (Å²) >= 11 is 12.1. The number of unbranched alkanes of at least 4 members (excludes halogenated alkanes) is 1. The van der Waals surface area contributed by atoms with Crippen LogP contribution in [0.15, 0.2) is 12.1 Å². The van der Waals surface area contributed by atoms with E-state index >= 15 is 0 Å². The third kappa shape index (κ3) is 4.10. The number of benzene rings is 1. The highest BCUT2D eigenvalue weighted by molar-refractivity contribution is 6.40. The van der Waals surface area contributed by atoms with Crippen LogP contribution < -0.4 is 10.6 Å². The smallest absolute Gasteiger partial charge is 0.319 e. The van der Waals surface area contributed by atoms with Crippen LogP contribution in [-0.2, 0) is 0 Å². The summed E-state index contributed by atoms with van der Waals surface area (Å²) in [6.45, 7) is 4.57. The Labute approximate surface area is 111 Å². The molecule has 0 spiro atoms. The molecule has 5 heteroatoms. The molecule has 0 saturated heterocycles. The minimum Gasteiger partial charge on any atom is -0.338 e. The number of hydrogen-bond donors (Lipinski definition) is 2. The van der Waals surface area contributed by atoms with E-state index in [0.29, 0.717) is 22.3 Å². The molecule has 2 N–H and O–H groups in total. The Kier molecular flexibility index (Phi) is 5.59. The van der Waals surface area contributed by atoms with Gasteiger partial charge >= 0.3 is 6.03 Å². The lowest BCUT2D eigenvalue weighted by atomic mass is 10.2. The lowest BCUT2D eigenvalue weighted by molar-refractivity contribution is 0.252. The molecule has 3 nitrogen and oxygen atoms in total. The Hall–Kier alpha value is -0.930. The van der Waals surface area contributed by atoms with E-state index in [1.54, 1.807) is 6.07 Å². The molecule has 0 aliphatic heterocycles. The number of halogens is 2. The highest BCUT2D eigenvalue weighted by atomic mass is 35.5. The normalized spacial score (nSPS) is 10.1. The average Bonchev–Trinajstić information content (AvgIpc) is 2.30. The van der Waals surface area contributed by atoms with Gasteiger partial charge in [-0.2, -0.15) is 0 Å². The van der Waals surface area contributed by atoms with Crippen molar-refractivity contribution in [2.75, 3.05) is 11.9 Å². The van der Waals surface area contributed by atoms with Crippen molar-refractivity contribution in [3.05, 3.63) is 27.7 Å². The van der Waals surface area contributed by atoms with Crippen LogP contribution in [0.5, 0.6) is 0 Å². The first kappa shape index (κ1) is 14.1. The molecular weight excluding hydrogens is 259 g/mol. The standard InChI is InChI=1S/C12H16Cl2N2O/c1-3-4-7-15-12(17)16-11-9(13)6-5-8(2)10(11)14/h5-6H,3-4,7H2,1-2H3,(H2,15,16,17). The quantitative estimate of drug-likeness (QED) is 0.793. The van der Waals surface area contributed by atoms with Crippen molar-refractivity contribution in [1.82, 2.24) is 5.32 Å². The molecular formula is C12H16Cl2N2O. The molecule has 0 heterocycles. The summed E-state index contributed by atoms with van der Waals surface area (Å²) in [6.07, 6.45) is 1.98. The summed E-state index contributed by atoms with van der Waals surface area (Å²) in [5.74, 6) is 0. The minimum atomic E-state index is -0.284. The van der Waals surface area contributed by atoms with Gasteiger partial charge in [0.2, 0.25) is 0 Å². The molecule has 1 aromatic carbocycles. The molecule has 17 heavy (non-hydrogen) atoms. The fourth-order valence-corrected chi connectivity index (χ4v) is 1.77. The van der Waals surface area contributed by atoms with Crippen molar-refractivity contribution in [2.24, 2.45) is 0 Å². The molecule has 2 amide bonds. The van der Waals surface area contributed by atoms with Crippen LogP contribution in [-0.4, -0.2) is 12.6 Å². The number of aryl methyl sites for hydroxylation is 1. The SMILES string of the molecule is CCCCNC(=O)Nc1c(Cl)ccc(C)c1Cl. The van der Waals surface area contributed by atoms with E-state index in [9.17, 15) is 4.79 Å². The van der Waals surface area contributed by atoms with Gasteiger partial charge in [-0.3, -0.25) is 0 Å². The summed E-state index contributed by atoms with van der Waals surface area (Å²) in [6, 6.07) is 3.24. The lowest BCUT2D eigenvalue weighted by Crippen LogP contribution is -2.29. The van der Waals surface area contributed by atoms with Gasteiger partial charge in [0, 0.05) is 6.54 Å². The second kappa shape index (κ2) is 6.72. The summed E-state index contributed by atoms with van der Waals surface area (Å²) < 4.78 is 0. The van der Waals surface area contributed by atoms with Crippen molar-refractivity contribution in [2.45, 2.75) is 26.7 Å². The molecule has 0 saturated carbocycles. The topological polar surface area (TPSA) is 41.1 Å². The van der Waals surface area contributed by atoms with Gasteiger partial charge in [0.05, 0.1) is 15.7 Å². The number of rotatable bonds is 4. The van der Waals surface area contributed by atoms with E-state index in [4.69, 9.17) is 23.2 Å². The number of amides is 2. The maximum atomic E-state index is 11.6. The largest absolute Gasteiger partial charge is 0.338 e. The van der Waals surface area contributed by atoms with Gasteiger partial charge in [-0.05, 0) is 25.0 Å². The molecule has 1 aromatic rings. The van der Waals surface area contributed by atoms with Gasteiger partial charge in [-0.15, -0.1) is 0 Å². The molecule has 0 aromatic heterocycles. The molecule has 0 aliphatic rings. The molecule has 0 radical (unpaired) electrons. The Morgan fingerprint density at radius 3 is 2.71 bits per heavy atom. The number of carbonyl (C=O) groups is 1. The van der Waals surface area contributed by atoms with Crippen LogP contribution in [0.1, 0.15) is 25.3 Å². The number of urea groups is 1. The Morgan fingerprint density at radius 1 is 1.35 bits per heavy atom. The number of carbonyl (C=O) groups excluding carboxylic acids is 1. The Balaban J connectivity index is 2.68. The number of anilines is 1. The van der Waals surface area contributed by atoms with Crippen LogP contribution in [0.2, 0.25) is 10.0 Å². The van der Waals surface area contributed by atoms with E-state index < -0.39 is 0 Å². The highest BCUT2D eigenvalue weighted by Crippen LogP contribution is 2.32. The van der Waals surface area contributed by atoms with Gasteiger partial charge in [-0.25, -0.2) is 4.79 Å². The number of nitrogens with one attached hydrogen (secondary N) is 2. The molecule has 1 rings (SSSR count). The fraction of sp³-hybridized carbons (Fsp3) is 0.417. The molecule has 0 unspecified atom stereocenters. The van der Waals surface area contributed by atoms with Crippen molar-refractivity contribution in [1.29, 1.82) is 0 Å². The summed E-state index contributed by atoms with van der Waals surface area (Å²) in [4.78, 5) is 11.6. The molecule has 0 bridgehead atoms. The Morgan fingerprint density at radius 2 is 2.06 bits per heavy atom. The average molecular weight is 275 g/mol. The molecule has 0 fully saturated rings. The zero-order valence-corrected chi connectivity index (χ0v) is 11.5. The number of hydrogen-bond acceptors (Lipinski definition) is 1. The van der Waals surface area contributed by atoms with E-state index in [1.807, 2.05) is 13.0 Å². The van der Waals surface area contributed by atoms with Gasteiger partial charge in [0.1, 0.15) is 0 Å². The van der Waals surface area contributed by atoms with E-state index in [1.165, 1.54) is 0 Å². The maximum Gasteiger partial charge on any atom is 0.319 e. The summed E-state index contributed by atoms with van der Waals surface area (Å²) in [7, 11) is 0. The van der Waals surface area contributed by atoms with Crippen molar-refractivity contribution < 1.29 is 4.79 Å². The van der Waals surface area contributed by atoms with E-state index in [2.05, 4.69) is 17.6 Å². The van der Waals surface area contributed by atoms with Gasteiger partial charge in [0.25, 0.3) is 0 Å². The predicted octanol–water partition coefficient (Wildman–Crippen LogP) is 4.22. The second-order valence-corrected chi connectivity index (χ2v) is 4.57. The molecule has 94 valence electrons. The van der Waals surface area contributed by atoms with Crippen LogP contribution in [0, 0.1) is 6.92 Å². The fourth-order valence-electron chi connectivity index (χ4n) is 1.31. The van der Waals surface area contributed by atoms with E-state index in [-0.39, 0.29) is 6.03 Å². The van der Waals surface area contributed by atoms with Crippen molar-refractivity contribution in [3.8, 4) is 0 Å². The maximum absolute atomic E-state index is 11.6. The lowest BCUT2D eigenvalue weighted by Gasteiger charge is -2.11. The predicted molar refractivity (Wildman–Crippen MR) is 73.1 cm³/mol. The minimum absolute atomic E-state index is 0.284. The third-order valence-corrected chi connectivity index (χ3v) is 3.14. The molecule has 0 atom stereocenters. The first-order chi connectivity index (χ1) is 8.06. The van der Waals surface area contributed by atoms with Gasteiger partial charge in [-0.1, -0.05) is 42.6 Å². The van der Waals surface area contributed by atoms with Crippen LogP contribution >= 0.6 is 23.2 Å². The summed E-state index contributed by atoms with van der Waals surface area (Å²) in [5, 5.41) is 6.31. The zero-order valence-electron chi connectivity index (χ0n) is 9.94. The Bertz CT molecular complexity index is 408. The highest BCUT2D eigenvalue weighted by Gasteiger charge is 2.11. The van der Waals surface area contributed by atoms with Crippen molar-refractivity contribution >= 4 is 34.9 Å². The van der Waals surface area contributed by atoms with Gasteiger partial charge < -0.3 is 10.6 Å². The first-order valence-corrected chi connectivity index (χ1v) is 6.31. The monoisotopic (exact) mass is 274 g/mol. The van der Waals surface area contributed by atoms with Crippen LogP contribution in [0.3, 0.4) is 0 Å².